The van der Waals surface area contributed by atoms with Gasteiger partial charge >= 0.3 is 0 Å². The number of rotatable bonds is 1. The fourth-order valence-electron chi connectivity index (χ4n) is 2.90. The number of hydrogen-bond acceptors (Lipinski definition) is 4. The van der Waals surface area contributed by atoms with Crippen LogP contribution in [0, 0.1) is 6.92 Å². The summed E-state index contributed by atoms with van der Waals surface area (Å²) in [5.41, 5.74) is 0.396. The molecule has 1 spiro atoms. The third-order valence-electron chi connectivity index (χ3n) is 4.23. The molecule has 1 unspecified atom stereocenters. The molecule has 0 bridgehead atoms. The zero-order chi connectivity index (χ0) is 16.1. The van der Waals surface area contributed by atoms with Crippen molar-refractivity contribution in [2.75, 3.05) is 13.2 Å². The van der Waals surface area contributed by atoms with E-state index in [-0.39, 0.29) is 24.9 Å². The van der Waals surface area contributed by atoms with Gasteiger partial charge in [-0.15, -0.1) is 0 Å². The highest BCUT2D eigenvalue weighted by Crippen LogP contribution is 2.36. The Hall–Kier alpha value is -1.43. The van der Waals surface area contributed by atoms with Crippen LogP contribution in [-0.2, 0) is 19.1 Å². The third-order valence-corrected chi connectivity index (χ3v) is 4.47. The smallest absolute Gasteiger partial charge is 0.236 e. The monoisotopic (exact) mass is 323 g/mol. The predicted octanol–water partition coefficient (Wildman–Crippen LogP) is 1.95. The van der Waals surface area contributed by atoms with E-state index in [0.29, 0.717) is 10.6 Å². The molecule has 6 heteroatoms. The maximum atomic E-state index is 12.9. The average Bonchev–Trinajstić information content (AvgIpc) is 2.67. The van der Waals surface area contributed by atoms with Crippen molar-refractivity contribution in [3.8, 4) is 0 Å². The zero-order valence-corrected chi connectivity index (χ0v) is 13.5. The van der Waals surface area contributed by atoms with Gasteiger partial charge in [0.25, 0.3) is 0 Å². The van der Waals surface area contributed by atoms with E-state index in [1.807, 2.05) is 6.92 Å². The van der Waals surface area contributed by atoms with Crippen molar-refractivity contribution in [1.29, 1.82) is 0 Å². The second kappa shape index (κ2) is 5.05. The molecule has 2 saturated heterocycles. The highest BCUT2D eigenvalue weighted by atomic mass is 35.5. The molecule has 22 heavy (non-hydrogen) atoms. The Kier molecular flexibility index (Phi) is 3.55. The lowest BCUT2D eigenvalue weighted by Gasteiger charge is -2.40. The van der Waals surface area contributed by atoms with Gasteiger partial charge in [0.05, 0.1) is 13.2 Å². The summed E-state index contributed by atoms with van der Waals surface area (Å²) in [6, 6.07) is 5.17. The van der Waals surface area contributed by atoms with Crippen LogP contribution in [0.1, 0.15) is 30.9 Å². The van der Waals surface area contributed by atoms with Crippen molar-refractivity contribution in [2.45, 2.75) is 38.0 Å². The molecule has 118 valence electrons. The first-order chi connectivity index (χ1) is 10.2. The van der Waals surface area contributed by atoms with E-state index >= 15 is 0 Å². The molecule has 2 aliphatic heterocycles. The molecular weight excluding hydrogens is 306 g/mol. The maximum Gasteiger partial charge on any atom is 0.236 e. The van der Waals surface area contributed by atoms with Crippen molar-refractivity contribution in [3.05, 3.63) is 34.3 Å². The van der Waals surface area contributed by atoms with Crippen molar-refractivity contribution in [3.63, 3.8) is 0 Å². The minimum Gasteiger partial charge on any atom is -0.348 e. The number of nitrogens with one attached hydrogen (secondary N) is 1. The van der Waals surface area contributed by atoms with Crippen LogP contribution in [0.2, 0.25) is 5.02 Å². The van der Waals surface area contributed by atoms with E-state index in [9.17, 15) is 9.59 Å². The number of hydrogen-bond donors (Lipinski definition) is 1. The first-order valence-electron chi connectivity index (χ1n) is 7.14. The van der Waals surface area contributed by atoms with Crippen LogP contribution in [0.15, 0.2) is 18.2 Å². The maximum absolute atomic E-state index is 12.9. The quantitative estimate of drug-likeness (QED) is 0.802. The predicted molar refractivity (Wildman–Crippen MR) is 80.8 cm³/mol. The van der Waals surface area contributed by atoms with E-state index in [0.717, 1.165) is 5.56 Å². The van der Waals surface area contributed by atoms with Gasteiger partial charge in [0.1, 0.15) is 11.5 Å². The number of aryl methyl sites for hydroxylation is 1. The molecule has 0 radical (unpaired) electrons. The molecule has 0 saturated carbocycles. The molecule has 1 aromatic carbocycles. The van der Waals surface area contributed by atoms with Crippen LogP contribution >= 0.6 is 11.6 Å². The highest BCUT2D eigenvalue weighted by molar-refractivity contribution is 6.30. The van der Waals surface area contributed by atoms with Gasteiger partial charge in [-0.3, -0.25) is 9.59 Å². The highest BCUT2D eigenvalue weighted by Gasteiger charge is 2.56. The van der Waals surface area contributed by atoms with Crippen molar-refractivity contribution in [1.82, 2.24) is 5.32 Å². The Morgan fingerprint density at radius 2 is 1.86 bits per heavy atom. The number of Topliss-reactive ketones (excluding diaryl/α,β-unsaturated/α-hetero) is 1. The van der Waals surface area contributed by atoms with Crippen LogP contribution < -0.4 is 5.32 Å². The zero-order valence-electron chi connectivity index (χ0n) is 12.7. The van der Waals surface area contributed by atoms with E-state index in [1.165, 1.54) is 0 Å². The van der Waals surface area contributed by atoms with E-state index in [4.69, 9.17) is 21.1 Å². The van der Waals surface area contributed by atoms with Crippen LogP contribution in [0.4, 0.5) is 0 Å². The second-order valence-electron chi connectivity index (χ2n) is 6.35. The Bertz CT molecular complexity index is 646. The molecule has 5 nitrogen and oxygen atoms in total. The van der Waals surface area contributed by atoms with E-state index in [2.05, 4.69) is 5.32 Å². The summed E-state index contributed by atoms with van der Waals surface area (Å²) >= 11 is 5.94. The summed E-state index contributed by atoms with van der Waals surface area (Å²) < 4.78 is 11.2. The molecule has 2 heterocycles. The van der Waals surface area contributed by atoms with Crippen molar-refractivity contribution >= 4 is 23.3 Å². The molecule has 3 rings (SSSR count). The lowest BCUT2D eigenvalue weighted by atomic mass is 9.85. The summed E-state index contributed by atoms with van der Waals surface area (Å²) in [6.45, 7) is 5.63. The van der Waals surface area contributed by atoms with Crippen LogP contribution in [0.5, 0.6) is 0 Å². The summed E-state index contributed by atoms with van der Waals surface area (Å²) in [7, 11) is 0. The van der Waals surface area contributed by atoms with E-state index in [1.54, 1.807) is 32.0 Å². The summed E-state index contributed by atoms with van der Waals surface area (Å²) in [5, 5.41) is 3.35. The first-order valence-corrected chi connectivity index (χ1v) is 7.52. The summed E-state index contributed by atoms with van der Waals surface area (Å²) in [5.74, 6) is -2.11. The second-order valence-corrected chi connectivity index (χ2v) is 6.78. The fraction of sp³-hybridized carbons (Fsp3) is 0.500. The lowest BCUT2D eigenvalue weighted by molar-refractivity contribution is -0.265. The van der Waals surface area contributed by atoms with Crippen molar-refractivity contribution < 1.29 is 19.1 Å². The molecule has 1 atom stereocenters. The SMILES string of the molecule is Cc1cc(Cl)ccc1C1C(=O)NC2(COC(C)(C)OC2)C1=O. The summed E-state index contributed by atoms with van der Waals surface area (Å²) in [6.07, 6.45) is 0. The van der Waals surface area contributed by atoms with Crippen LogP contribution in [0.25, 0.3) is 0 Å². The van der Waals surface area contributed by atoms with Crippen molar-refractivity contribution in [2.24, 2.45) is 0 Å². The van der Waals surface area contributed by atoms with Gasteiger partial charge in [-0.2, -0.15) is 0 Å². The van der Waals surface area contributed by atoms with Gasteiger partial charge in [-0.05, 0) is 44.0 Å². The Morgan fingerprint density at radius 1 is 1.23 bits per heavy atom. The van der Waals surface area contributed by atoms with E-state index < -0.39 is 17.2 Å². The van der Waals surface area contributed by atoms with Gasteiger partial charge in [0, 0.05) is 5.02 Å². The minimum absolute atomic E-state index is 0.119. The molecular formula is C16H18ClNO4. The largest absolute Gasteiger partial charge is 0.348 e. The van der Waals surface area contributed by atoms with Crippen LogP contribution in [0.3, 0.4) is 0 Å². The molecule has 2 fully saturated rings. The molecule has 0 aromatic heterocycles. The number of ketones is 1. The number of carbonyl (C=O) groups is 2. The third kappa shape index (κ3) is 2.43. The lowest BCUT2D eigenvalue weighted by Crippen LogP contribution is -2.60. The number of carbonyl (C=O) groups excluding carboxylic acids is 2. The Morgan fingerprint density at radius 3 is 2.45 bits per heavy atom. The molecule has 1 aromatic rings. The van der Waals surface area contributed by atoms with Gasteiger partial charge in [-0.25, -0.2) is 0 Å². The van der Waals surface area contributed by atoms with Gasteiger partial charge in [0.2, 0.25) is 5.91 Å². The first kappa shape index (κ1) is 15.5. The number of ether oxygens (including phenoxy) is 2. The number of halogens is 1. The van der Waals surface area contributed by atoms with Gasteiger partial charge in [-0.1, -0.05) is 17.7 Å². The normalized spacial score (nSPS) is 26.3. The topological polar surface area (TPSA) is 64.6 Å². The minimum atomic E-state index is -1.09. The Balaban J connectivity index is 1.92. The number of amides is 1. The summed E-state index contributed by atoms with van der Waals surface area (Å²) in [4.78, 5) is 25.2. The fourth-order valence-corrected chi connectivity index (χ4v) is 3.13. The molecule has 1 N–H and O–H groups in total. The van der Waals surface area contributed by atoms with Crippen LogP contribution in [-0.4, -0.2) is 36.2 Å². The Labute approximate surface area is 133 Å². The van der Waals surface area contributed by atoms with Gasteiger partial charge in [0.15, 0.2) is 11.6 Å². The molecule has 2 aliphatic rings. The molecule has 1 amide bonds. The average molecular weight is 324 g/mol. The standard InChI is InChI=1S/C16H18ClNO4/c1-9-6-10(17)4-5-11(9)12-13(19)16(18-14(12)20)7-21-15(2,3)22-8-16/h4-6,12H,7-8H2,1-3H3,(H,18,20). The van der Waals surface area contributed by atoms with Gasteiger partial charge < -0.3 is 14.8 Å². The number of benzene rings is 1. The molecule has 0 aliphatic carbocycles.